The Morgan fingerprint density at radius 2 is 2.41 bits per heavy atom. The molecule has 0 spiro atoms. The van der Waals surface area contributed by atoms with E-state index < -0.39 is 0 Å². The molecule has 17 heavy (non-hydrogen) atoms. The zero-order valence-electron chi connectivity index (χ0n) is 9.99. The van der Waals surface area contributed by atoms with Crippen molar-refractivity contribution in [2.45, 2.75) is 24.2 Å². The van der Waals surface area contributed by atoms with Gasteiger partial charge in [0.15, 0.2) is 0 Å². The Labute approximate surface area is 106 Å². The van der Waals surface area contributed by atoms with Gasteiger partial charge in [-0.1, -0.05) is 6.07 Å². The standard InChI is InChI=1S/C13H17NO2S/c1-16-13(15)4-2-3-10-5-6-12-11(9-10)14-7-8-17-12/h5-6,9,14H,2-4,7-8H2,1H3. The first-order valence-electron chi connectivity index (χ1n) is 5.86. The van der Waals surface area contributed by atoms with E-state index in [0.717, 1.165) is 25.1 Å². The molecule has 1 N–H and O–H groups in total. The summed E-state index contributed by atoms with van der Waals surface area (Å²) in [7, 11) is 1.43. The average Bonchev–Trinajstić information content (AvgIpc) is 2.38. The number of aryl methyl sites for hydroxylation is 1. The van der Waals surface area contributed by atoms with Crippen LogP contribution < -0.4 is 5.32 Å². The van der Waals surface area contributed by atoms with Crippen molar-refractivity contribution in [2.24, 2.45) is 0 Å². The summed E-state index contributed by atoms with van der Waals surface area (Å²) in [5, 5.41) is 3.40. The molecule has 0 radical (unpaired) electrons. The number of thioether (sulfide) groups is 1. The van der Waals surface area contributed by atoms with Gasteiger partial charge in [0.05, 0.1) is 7.11 Å². The van der Waals surface area contributed by atoms with Crippen molar-refractivity contribution in [1.82, 2.24) is 0 Å². The highest BCUT2D eigenvalue weighted by molar-refractivity contribution is 7.99. The van der Waals surface area contributed by atoms with Crippen molar-refractivity contribution >= 4 is 23.4 Å². The zero-order valence-corrected chi connectivity index (χ0v) is 10.8. The molecule has 0 aromatic heterocycles. The van der Waals surface area contributed by atoms with Gasteiger partial charge in [0.2, 0.25) is 0 Å². The van der Waals surface area contributed by atoms with Gasteiger partial charge in [-0.15, -0.1) is 11.8 Å². The SMILES string of the molecule is COC(=O)CCCc1ccc2c(c1)NCCS2. The number of fused-ring (bicyclic) bond motifs is 1. The number of hydrogen-bond acceptors (Lipinski definition) is 4. The number of esters is 1. The Bertz CT molecular complexity index is 406. The lowest BCUT2D eigenvalue weighted by Gasteiger charge is -2.18. The highest BCUT2D eigenvalue weighted by Crippen LogP contribution is 2.31. The Balaban J connectivity index is 1.91. The number of benzene rings is 1. The lowest BCUT2D eigenvalue weighted by atomic mass is 10.1. The summed E-state index contributed by atoms with van der Waals surface area (Å²) < 4.78 is 4.62. The van der Waals surface area contributed by atoms with Crippen molar-refractivity contribution in [2.75, 3.05) is 24.7 Å². The smallest absolute Gasteiger partial charge is 0.305 e. The van der Waals surface area contributed by atoms with Gasteiger partial charge in [-0.3, -0.25) is 4.79 Å². The topological polar surface area (TPSA) is 38.3 Å². The maximum absolute atomic E-state index is 11.0. The van der Waals surface area contributed by atoms with E-state index in [1.807, 2.05) is 11.8 Å². The minimum Gasteiger partial charge on any atom is -0.469 e. The first-order valence-corrected chi connectivity index (χ1v) is 6.84. The summed E-state index contributed by atoms with van der Waals surface area (Å²) in [6, 6.07) is 6.51. The van der Waals surface area contributed by atoms with Crippen molar-refractivity contribution < 1.29 is 9.53 Å². The van der Waals surface area contributed by atoms with Crippen LogP contribution >= 0.6 is 11.8 Å². The number of carbonyl (C=O) groups excluding carboxylic acids is 1. The molecular formula is C13H17NO2S. The van der Waals surface area contributed by atoms with E-state index >= 15 is 0 Å². The van der Waals surface area contributed by atoms with Crippen LogP contribution in [0.5, 0.6) is 0 Å². The predicted octanol–water partition coefficient (Wildman–Crippen LogP) is 2.70. The van der Waals surface area contributed by atoms with Crippen LogP contribution in [0.25, 0.3) is 0 Å². The maximum atomic E-state index is 11.0. The number of ether oxygens (including phenoxy) is 1. The van der Waals surface area contributed by atoms with Crippen molar-refractivity contribution in [3.05, 3.63) is 23.8 Å². The molecule has 0 bridgehead atoms. The molecule has 4 heteroatoms. The van der Waals surface area contributed by atoms with Gasteiger partial charge in [0.1, 0.15) is 0 Å². The van der Waals surface area contributed by atoms with E-state index in [-0.39, 0.29) is 5.97 Å². The molecule has 0 amide bonds. The van der Waals surface area contributed by atoms with Gasteiger partial charge < -0.3 is 10.1 Å². The van der Waals surface area contributed by atoms with E-state index in [2.05, 4.69) is 28.3 Å². The maximum Gasteiger partial charge on any atom is 0.305 e. The lowest BCUT2D eigenvalue weighted by molar-refractivity contribution is -0.140. The molecule has 1 aliphatic rings. The average molecular weight is 251 g/mol. The van der Waals surface area contributed by atoms with E-state index in [4.69, 9.17) is 0 Å². The molecule has 0 saturated heterocycles. The minimum atomic E-state index is -0.128. The molecule has 2 rings (SSSR count). The molecule has 92 valence electrons. The summed E-state index contributed by atoms with van der Waals surface area (Å²) in [5.41, 5.74) is 2.51. The fraction of sp³-hybridized carbons (Fsp3) is 0.462. The van der Waals surface area contributed by atoms with Crippen LogP contribution in [0.3, 0.4) is 0 Å². The second-order valence-electron chi connectivity index (χ2n) is 4.04. The molecule has 0 atom stereocenters. The quantitative estimate of drug-likeness (QED) is 0.835. The Morgan fingerprint density at radius 3 is 3.24 bits per heavy atom. The first-order chi connectivity index (χ1) is 8.29. The molecule has 1 heterocycles. The van der Waals surface area contributed by atoms with Gasteiger partial charge in [-0.2, -0.15) is 0 Å². The second-order valence-corrected chi connectivity index (χ2v) is 5.17. The van der Waals surface area contributed by atoms with Crippen LogP contribution in [0.2, 0.25) is 0 Å². The zero-order chi connectivity index (χ0) is 12.1. The molecule has 1 aliphatic heterocycles. The van der Waals surface area contributed by atoms with Crippen LogP contribution in [-0.2, 0) is 16.0 Å². The molecule has 1 aromatic carbocycles. The van der Waals surface area contributed by atoms with Crippen molar-refractivity contribution in [1.29, 1.82) is 0 Å². The summed E-state index contributed by atoms with van der Waals surface area (Å²) in [5.74, 6) is 1.01. The van der Waals surface area contributed by atoms with Crippen molar-refractivity contribution in [3.8, 4) is 0 Å². The van der Waals surface area contributed by atoms with Gasteiger partial charge in [0.25, 0.3) is 0 Å². The largest absolute Gasteiger partial charge is 0.469 e. The van der Waals surface area contributed by atoms with Gasteiger partial charge >= 0.3 is 5.97 Å². The number of carbonyl (C=O) groups is 1. The molecule has 0 unspecified atom stereocenters. The molecule has 0 fully saturated rings. The Hall–Kier alpha value is -1.16. The van der Waals surface area contributed by atoms with Crippen LogP contribution in [0.15, 0.2) is 23.1 Å². The third kappa shape index (κ3) is 3.40. The van der Waals surface area contributed by atoms with Crippen LogP contribution in [0.4, 0.5) is 5.69 Å². The molecule has 1 aromatic rings. The number of rotatable bonds is 4. The fourth-order valence-electron chi connectivity index (χ4n) is 1.88. The summed E-state index contributed by atoms with van der Waals surface area (Å²) >= 11 is 1.89. The van der Waals surface area contributed by atoms with E-state index in [9.17, 15) is 4.79 Å². The predicted molar refractivity (Wildman–Crippen MR) is 70.6 cm³/mol. The Morgan fingerprint density at radius 1 is 1.53 bits per heavy atom. The number of nitrogens with one attached hydrogen (secondary N) is 1. The summed E-state index contributed by atoms with van der Waals surface area (Å²) in [6.07, 6.45) is 2.27. The van der Waals surface area contributed by atoms with E-state index in [1.165, 1.54) is 23.3 Å². The van der Waals surface area contributed by atoms with Gasteiger partial charge in [-0.05, 0) is 30.5 Å². The summed E-state index contributed by atoms with van der Waals surface area (Å²) in [6.45, 7) is 1.03. The fourth-order valence-corrected chi connectivity index (χ4v) is 2.76. The second kappa shape index (κ2) is 5.96. The number of anilines is 1. The number of methoxy groups -OCH3 is 1. The highest BCUT2D eigenvalue weighted by atomic mass is 32.2. The van der Waals surface area contributed by atoms with Gasteiger partial charge in [0, 0.05) is 29.3 Å². The molecule has 3 nitrogen and oxygen atoms in total. The monoisotopic (exact) mass is 251 g/mol. The Kier molecular flexibility index (Phi) is 4.31. The van der Waals surface area contributed by atoms with Crippen LogP contribution in [-0.4, -0.2) is 25.4 Å². The van der Waals surface area contributed by atoms with Crippen LogP contribution in [0, 0.1) is 0 Å². The van der Waals surface area contributed by atoms with Crippen LogP contribution in [0.1, 0.15) is 18.4 Å². The molecule has 0 saturated carbocycles. The number of hydrogen-bond donors (Lipinski definition) is 1. The lowest BCUT2D eigenvalue weighted by Crippen LogP contribution is -2.10. The van der Waals surface area contributed by atoms with E-state index in [1.54, 1.807) is 0 Å². The van der Waals surface area contributed by atoms with Gasteiger partial charge in [-0.25, -0.2) is 0 Å². The first kappa shape index (κ1) is 12.3. The normalized spacial score (nSPS) is 13.7. The summed E-state index contributed by atoms with van der Waals surface area (Å²) in [4.78, 5) is 12.3. The van der Waals surface area contributed by atoms with E-state index in [0.29, 0.717) is 6.42 Å². The third-order valence-corrected chi connectivity index (χ3v) is 3.87. The highest BCUT2D eigenvalue weighted by Gasteiger charge is 2.09. The van der Waals surface area contributed by atoms with Crippen molar-refractivity contribution in [3.63, 3.8) is 0 Å². The minimum absolute atomic E-state index is 0.128. The molecular weight excluding hydrogens is 234 g/mol. The third-order valence-electron chi connectivity index (χ3n) is 2.79. The molecule has 0 aliphatic carbocycles.